The summed E-state index contributed by atoms with van der Waals surface area (Å²) >= 11 is 0. The minimum absolute atomic E-state index is 0.106. The van der Waals surface area contributed by atoms with Gasteiger partial charge in [0, 0.05) is 25.4 Å². The predicted molar refractivity (Wildman–Crippen MR) is 68.4 cm³/mol. The number of aryl methyl sites for hydroxylation is 1. The van der Waals surface area contributed by atoms with Gasteiger partial charge in [0.2, 0.25) is 5.91 Å². The third kappa shape index (κ3) is 6.02. The van der Waals surface area contributed by atoms with Crippen LogP contribution in [0.2, 0.25) is 0 Å². The van der Waals surface area contributed by atoms with Crippen molar-refractivity contribution in [3.8, 4) is 0 Å². The molecule has 0 aliphatic carbocycles. The van der Waals surface area contributed by atoms with Gasteiger partial charge in [-0.1, -0.05) is 13.0 Å². The molecular formula is C13H21N3O. The maximum Gasteiger partial charge on any atom is 0.220 e. The van der Waals surface area contributed by atoms with E-state index in [-0.39, 0.29) is 5.91 Å². The number of nitrogens with one attached hydrogen (secondary N) is 1. The van der Waals surface area contributed by atoms with E-state index in [0.717, 1.165) is 12.8 Å². The molecule has 0 saturated heterocycles. The van der Waals surface area contributed by atoms with Gasteiger partial charge in [-0.05, 0) is 36.9 Å². The van der Waals surface area contributed by atoms with E-state index in [9.17, 15) is 4.79 Å². The summed E-state index contributed by atoms with van der Waals surface area (Å²) in [7, 11) is 0. The van der Waals surface area contributed by atoms with Crippen LogP contribution in [0, 0.1) is 5.92 Å². The van der Waals surface area contributed by atoms with Crippen LogP contribution in [0.3, 0.4) is 0 Å². The van der Waals surface area contributed by atoms with Crippen LogP contribution in [0.25, 0.3) is 0 Å². The third-order valence-electron chi connectivity index (χ3n) is 2.64. The molecule has 4 nitrogen and oxygen atoms in total. The summed E-state index contributed by atoms with van der Waals surface area (Å²) in [6, 6.07) is 3.94. The van der Waals surface area contributed by atoms with Crippen LogP contribution in [-0.4, -0.2) is 24.0 Å². The predicted octanol–water partition coefficient (Wildman–Crippen LogP) is 1.12. The van der Waals surface area contributed by atoms with Crippen molar-refractivity contribution in [3.05, 3.63) is 30.1 Å². The highest BCUT2D eigenvalue weighted by atomic mass is 16.1. The monoisotopic (exact) mass is 235 g/mol. The molecule has 1 aromatic rings. The zero-order valence-electron chi connectivity index (χ0n) is 10.4. The van der Waals surface area contributed by atoms with Gasteiger partial charge in [0.25, 0.3) is 0 Å². The van der Waals surface area contributed by atoms with Gasteiger partial charge in [-0.25, -0.2) is 0 Å². The SMILES string of the molecule is CC(CN)CNC(=O)CCCc1cccnc1. The van der Waals surface area contributed by atoms with E-state index in [1.165, 1.54) is 5.56 Å². The molecule has 0 spiro atoms. The molecule has 94 valence electrons. The molecule has 0 radical (unpaired) electrons. The first kappa shape index (κ1) is 13.6. The van der Waals surface area contributed by atoms with E-state index in [1.54, 1.807) is 6.20 Å². The lowest BCUT2D eigenvalue weighted by Gasteiger charge is -2.09. The Morgan fingerprint density at radius 1 is 1.59 bits per heavy atom. The average molecular weight is 235 g/mol. The highest BCUT2D eigenvalue weighted by molar-refractivity contribution is 5.75. The van der Waals surface area contributed by atoms with Gasteiger partial charge >= 0.3 is 0 Å². The summed E-state index contributed by atoms with van der Waals surface area (Å²) in [6.45, 7) is 3.30. The number of amides is 1. The van der Waals surface area contributed by atoms with Gasteiger partial charge in [-0.15, -0.1) is 0 Å². The Morgan fingerprint density at radius 2 is 2.41 bits per heavy atom. The van der Waals surface area contributed by atoms with Crippen molar-refractivity contribution in [2.45, 2.75) is 26.2 Å². The molecule has 3 N–H and O–H groups in total. The Labute approximate surface area is 103 Å². The quantitative estimate of drug-likeness (QED) is 0.744. The Balaban J connectivity index is 2.12. The van der Waals surface area contributed by atoms with Crippen LogP contribution in [0.15, 0.2) is 24.5 Å². The zero-order valence-corrected chi connectivity index (χ0v) is 10.4. The van der Waals surface area contributed by atoms with Crippen molar-refractivity contribution in [3.63, 3.8) is 0 Å². The molecule has 0 fully saturated rings. The summed E-state index contributed by atoms with van der Waals surface area (Å²) in [5.74, 6) is 0.450. The number of hydrogen-bond acceptors (Lipinski definition) is 3. The molecule has 1 unspecified atom stereocenters. The molecule has 4 heteroatoms. The minimum atomic E-state index is 0.106. The van der Waals surface area contributed by atoms with Gasteiger partial charge in [-0.3, -0.25) is 9.78 Å². The van der Waals surface area contributed by atoms with Crippen LogP contribution in [0.5, 0.6) is 0 Å². The van der Waals surface area contributed by atoms with E-state index in [0.29, 0.717) is 25.4 Å². The first-order valence-electron chi connectivity index (χ1n) is 6.08. The number of nitrogens with two attached hydrogens (primary N) is 1. The van der Waals surface area contributed by atoms with Gasteiger partial charge in [0.1, 0.15) is 0 Å². The van der Waals surface area contributed by atoms with Crippen molar-refractivity contribution in [2.75, 3.05) is 13.1 Å². The summed E-state index contributed by atoms with van der Waals surface area (Å²) < 4.78 is 0. The van der Waals surface area contributed by atoms with E-state index in [2.05, 4.69) is 10.3 Å². The normalized spacial score (nSPS) is 12.1. The summed E-state index contributed by atoms with van der Waals surface area (Å²) in [6.07, 6.45) is 5.91. The fourth-order valence-corrected chi connectivity index (χ4v) is 1.46. The number of rotatable bonds is 7. The van der Waals surface area contributed by atoms with Gasteiger partial charge in [0.15, 0.2) is 0 Å². The van der Waals surface area contributed by atoms with Gasteiger partial charge in [-0.2, -0.15) is 0 Å². The largest absolute Gasteiger partial charge is 0.356 e. The molecule has 0 aliphatic heterocycles. The van der Waals surface area contributed by atoms with Crippen molar-refractivity contribution in [1.29, 1.82) is 0 Å². The van der Waals surface area contributed by atoms with Crippen LogP contribution >= 0.6 is 0 Å². The van der Waals surface area contributed by atoms with Gasteiger partial charge < -0.3 is 11.1 Å². The molecule has 0 aliphatic rings. The number of hydrogen-bond donors (Lipinski definition) is 2. The minimum Gasteiger partial charge on any atom is -0.356 e. The maximum absolute atomic E-state index is 11.5. The fourth-order valence-electron chi connectivity index (χ4n) is 1.46. The van der Waals surface area contributed by atoms with E-state index < -0.39 is 0 Å². The Hall–Kier alpha value is -1.42. The summed E-state index contributed by atoms with van der Waals surface area (Å²) in [5, 5.41) is 2.89. The van der Waals surface area contributed by atoms with Gasteiger partial charge in [0.05, 0.1) is 0 Å². The number of carbonyl (C=O) groups is 1. The highest BCUT2D eigenvalue weighted by Gasteiger charge is 2.04. The van der Waals surface area contributed by atoms with E-state index in [4.69, 9.17) is 5.73 Å². The van der Waals surface area contributed by atoms with Crippen LogP contribution in [0.1, 0.15) is 25.3 Å². The molecule has 1 amide bonds. The second kappa shape index (κ2) is 7.79. The molecule has 1 atom stereocenters. The van der Waals surface area contributed by atoms with Crippen LogP contribution in [-0.2, 0) is 11.2 Å². The lowest BCUT2D eigenvalue weighted by Crippen LogP contribution is -2.31. The highest BCUT2D eigenvalue weighted by Crippen LogP contribution is 2.02. The summed E-state index contributed by atoms with van der Waals surface area (Å²) in [5.41, 5.74) is 6.65. The van der Waals surface area contributed by atoms with Crippen molar-refractivity contribution >= 4 is 5.91 Å². The Morgan fingerprint density at radius 3 is 3.06 bits per heavy atom. The van der Waals surface area contributed by atoms with Crippen molar-refractivity contribution in [2.24, 2.45) is 11.7 Å². The lowest BCUT2D eigenvalue weighted by molar-refractivity contribution is -0.121. The molecule has 1 aromatic heterocycles. The topological polar surface area (TPSA) is 68.0 Å². The standard InChI is InChI=1S/C13H21N3O/c1-11(8-14)9-16-13(17)6-2-4-12-5-3-7-15-10-12/h3,5,7,10-11H,2,4,6,8-9,14H2,1H3,(H,16,17). The van der Waals surface area contributed by atoms with Crippen LogP contribution in [0.4, 0.5) is 0 Å². The maximum atomic E-state index is 11.5. The van der Waals surface area contributed by atoms with Crippen molar-refractivity contribution in [1.82, 2.24) is 10.3 Å². The fraction of sp³-hybridized carbons (Fsp3) is 0.538. The third-order valence-corrected chi connectivity index (χ3v) is 2.64. The lowest BCUT2D eigenvalue weighted by atomic mass is 10.1. The number of nitrogens with zero attached hydrogens (tertiary/aromatic N) is 1. The molecule has 0 bridgehead atoms. The Bertz CT molecular complexity index is 327. The summed E-state index contributed by atoms with van der Waals surface area (Å²) in [4.78, 5) is 15.5. The second-order valence-electron chi connectivity index (χ2n) is 4.36. The van der Waals surface area contributed by atoms with E-state index >= 15 is 0 Å². The molecule has 1 rings (SSSR count). The zero-order chi connectivity index (χ0) is 12.5. The molecular weight excluding hydrogens is 214 g/mol. The number of aromatic nitrogens is 1. The molecule has 17 heavy (non-hydrogen) atoms. The second-order valence-corrected chi connectivity index (χ2v) is 4.36. The average Bonchev–Trinajstić information content (AvgIpc) is 2.37. The van der Waals surface area contributed by atoms with Crippen LogP contribution < -0.4 is 11.1 Å². The Kier molecular flexibility index (Phi) is 6.25. The first-order valence-corrected chi connectivity index (χ1v) is 6.08. The van der Waals surface area contributed by atoms with E-state index in [1.807, 2.05) is 25.3 Å². The first-order chi connectivity index (χ1) is 8.22. The number of carbonyl (C=O) groups excluding carboxylic acids is 1. The molecule has 0 saturated carbocycles. The smallest absolute Gasteiger partial charge is 0.220 e. The molecule has 0 aromatic carbocycles. The molecule has 1 heterocycles. The number of pyridine rings is 1. The van der Waals surface area contributed by atoms with Crippen molar-refractivity contribution < 1.29 is 4.79 Å².